The number of hydrogen-bond acceptors (Lipinski definition) is 2. The lowest BCUT2D eigenvalue weighted by Gasteiger charge is -2.26. The number of benzene rings is 1. The summed E-state index contributed by atoms with van der Waals surface area (Å²) >= 11 is 5.87. The molecule has 1 aromatic heterocycles. The van der Waals surface area contributed by atoms with Crippen LogP contribution in [0.25, 0.3) is 0 Å². The van der Waals surface area contributed by atoms with Gasteiger partial charge in [-0.05, 0) is 43.9 Å². The van der Waals surface area contributed by atoms with Crippen LogP contribution < -0.4 is 5.32 Å². The lowest BCUT2D eigenvalue weighted by molar-refractivity contribution is 0.362. The zero-order valence-electron chi connectivity index (χ0n) is 12.0. The summed E-state index contributed by atoms with van der Waals surface area (Å²) in [4.78, 5) is 4.14. The Morgan fingerprint density at radius 1 is 1.43 bits per heavy atom. The maximum Gasteiger partial charge on any atom is 0.141 e. The van der Waals surface area contributed by atoms with E-state index in [2.05, 4.69) is 21.8 Å². The Labute approximate surface area is 129 Å². The summed E-state index contributed by atoms with van der Waals surface area (Å²) in [5.74, 6) is -0.371. The molecule has 1 aliphatic carbocycles. The Balaban J connectivity index is 1.71. The van der Waals surface area contributed by atoms with Gasteiger partial charge in [-0.3, -0.25) is 0 Å². The molecule has 1 aliphatic rings. The molecule has 0 bridgehead atoms. The van der Waals surface area contributed by atoms with Crippen LogP contribution in [0.1, 0.15) is 43.8 Å². The highest BCUT2D eigenvalue weighted by Gasteiger charge is 2.29. The zero-order chi connectivity index (χ0) is 14.8. The normalized spacial score (nSPS) is 23.4. The van der Waals surface area contributed by atoms with Gasteiger partial charge in [0.1, 0.15) is 5.82 Å². The molecule has 5 heteroatoms. The fourth-order valence-electron chi connectivity index (χ4n) is 3.16. The number of nitrogens with zero attached hydrogens (tertiary/aromatic N) is 2. The van der Waals surface area contributed by atoms with Gasteiger partial charge in [-0.25, -0.2) is 9.37 Å². The van der Waals surface area contributed by atoms with Gasteiger partial charge in [-0.15, -0.1) is 0 Å². The molecule has 3 nitrogen and oxygen atoms in total. The molecule has 0 amide bonds. The minimum Gasteiger partial charge on any atom is -0.333 e. The van der Waals surface area contributed by atoms with Crippen LogP contribution in [-0.4, -0.2) is 15.6 Å². The Morgan fingerprint density at radius 3 is 3.00 bits per heavy atom. The molecule has 3 unspecified atom stereocenters. The van der Waals surface area contributed by atoms with Gasteiger partial charge in [0.15, 0.2) is 0 Å². The summed E-state index contributed by atoms with van der Waals surface area (Å²) in [6, 6.07) is 5.90. The van der Waals surface area contributed by atoms with Crippen molar-refractivity contribution in [2.75, 3.05) is 0 Å². The fraction of sp³-hybridized carbons (Fsp3) is 0.438. The minimum absolute atomic E-state index is 0.136. The second kappa shape index (κ2) is 6.16. The third-order valence-corrected chi connectivity index (χ3v) is 4.58. The zero-order valence-corrected chi connectivity index (χ0v) is 12.7. The number of imidazole rings is 1. The summed E-state index contributed by atoms with van der Waals surface area (Å²) in [5.41, 5.74) is 1.01. The van der Waals surface area contributed by atoms with Crippen molar-refractivity contribution in [2.45, 2.75) is 44.3 Å². The number of rotatable bonds is 4. The van der Waals surface area contributed by atoms with Gasteiger partial charge in [0, 0.05) is 30.5 Å². The van der Waals surface area contributed by atoms with Crippen LogP contribution in [0.3, 0.4) is 0 Å². The van der Waals surface area contributed by atoms with E-state index < -0.39 is 0 Å². The number of nitrogens with one attached hydrogen (secondary N) is 1. The number of hydrogen-bond donors (Lipinski definition) is 1. The molecule has 0 saturated heterocycles. The Bertz CT molecular complexity index is 600. The first-order valence-electron chi connectivity index (χ1n) is 7.33. The Hall–Kier alpha value is -1.39. The van der Waals surface area contributed by atoms with Crippen molar-refractivity contribution >= 4 is 11.6 Å². The Morgan fingerprint density at radius 2 is 2.29 bits per heavy atom. The van der Waals surface area contributed by atoms with Gasteiger partial charge in [-0.2, -0.15) is 0 Å². The fourth-order valence-corrected chi connectivity index (χ4v) is 3.35. The molecule has 1 heterocycles. The molecular weight excluding hydrogens is 289 g/mol. The molecular formula is C16H19ClFN3. The highest BCUT2D eigenvalue weighted by Crippen LogP contribution is 2.32. The molecule has 0 spiro atoms. The van der Waals surface area contributed by atoms with Crippen LogP contribution in [0.2, 0.25) is 5.02 Å². The van der Waals surface area contributed by atoms with E-state index in [1.54, 1.807) is 12.1 Å². The predicted octanol–water partition coefficient (Wildman–Crippen LogP) is 4.12. The predicted molar refractivity (Wildman–Crippen MR) is 81.9 cm³/mol. The molecule has 3 atom stereocenters. The van der Waals surface area contributed by atoms with Gasteiger partial charge in [-0.1, -0.05) is 17.7 Å². The lowest BCUT2D eigenvalue weighted by Crippen LogP contribution is -2.35. The second-order valence-corrected chi connectivity index (χ2v) is 6.08. The highest BCUT2D eigenvalue weighted by atomic mass is 35.5. The van der Waals surface area contributed by atoms with Crippen molar-refractivity contribution in [3.63, 3.8) is 0 Å². The van der Waals surface area contributed by atoms with Crippen LogP contribution >= 0.6 is 11.6 Å². The first-order chi connectivity index (χ1) is 10.1. The third-order valence-electron chi connectivity index (χ3n) is 4.30. The average molecular weight is 308 g/mol. The van der Waals surface area contributed by atoms with E-state index in [0.717, 1.165) is 18.4 Å². The SMILES string of the molecule is CC(NC1CCCC1n1ccnc1)c1ccc(F)c(Cl)c1. The molecule has 112 valence electrons. The van der Waals surface area contributed by atoms with E-state index in [1.807, 2.05) is 18.7 Å². The number of aromatic nitrogens is 2. The van der Waals surface area contributed by atoms with E-state index >= 15 is 0 Å². The average Bonchev–Trinajstić information content (AvgIpc) is 3.12. The molecule has 1 aromatic carbocycles. The van der Waals surface area contributed by atoms with Crippen LogP contribution in [0, 0.1) is 5.82 Å². The molecule has 1 N–H and O–H groups in total. The molecule has 1 fully saturated rings. The maximum atomic E-state index is 13.3. The first-order valence-corrected chi connectivity index (χ1v) is 7.71. The molecule has 1 saturated carbocycles. The molecule has 21 heavy (non-hydrogen) atoms. The largest absolute Gasteiger partial charge is 0.333 e. The van der Waals surface area contributed by atoms with Crippen molar-refractivity contribution in [3.05, 3.63) is 53.3 Å². The number of halogens is 2. The first kappa shape index (κ1) is 14.5. The monoisotopic (exact) mass is 307 g/mol. The van der Waals surface area contributed by atoms with Gasteiger partial charge < -0.3 is 9.88 Å². The molecule has 0 aliphatic heterocycles. The smallest absolute Gasteiger partial charge is 0.141 e. The van der Waals surface area contributed by atoms with Crippen molar-refractivity contribution < 1.29 is 4.39 Å². The van der Waals surface area contributed by atoms with Crippen molar-refractivity contribution in [1.29, 1.82) is 0 Å². The van der Waals surface area contributed by atoms with Crippen molar-refractivity contribution in [2.24, 2.45) is 0 Å². The summed E-state index contributed by atoms with van der Waals surface area (Å²) in [6.07, 6.45) is 9.22. The summed E-state index contributed by atoms with van der Waals surface area (Å²) in [5, 5.41) is 3.83. The van der Waals surface area contributed by atoms with E-state index in [1.165, 1.54) is 12.5 Å². The van der Waals surface area contributed by atoms with Crippen LogP contribution in [0.4, 0.5) is 4.39 Å². The van der Waals surface area contributed by atoms with E-state index in [4.69, 9.17) is 11.6 Å². The minimum atomic E-state index is -0.371. The summed E-state index contributed by atoms with van der Waals surface area (Å²) < 4.78 is 15.4. The molecule has 0 radical (unpaired) electrons. The highest BCUT2D eigenvalue weighted by molar-refractivity contribution is 6.30. The molecule has 2 aromatic rings. The molecule has 3 rings (SSSR count). The maximum absolute atomic E-state index is 13.3. The van der Waals surface area contributed by atoms with E-state index in [9.17, 15) is 4.39 Å². The Kier molecular flexibility index (Phi) is 4.27. The standard InChI is InChI=1S/C16H19ClFN3/c1-11(12-5-6-14(18)13(17)9-12)20-15-3-2-4-16(15)21-8-7-19-10-21/h5-11,15-16,20H,2-4H2,1H3. The van der Waals surface area contributed by atoms with E-state index in [0.29, 0.717) is 12.1 Å². The van der Waals surface area contributed by atoms with Gasteiger partial charge in [0.05, 0.1) is 11.3 Å². The van der Waals surface area contributed by atoms with Crippen LogP contribution in [0.15, 0.2) is 36.9 Å². The summed E-state index contributed by atoms with van der Waals surface area (Å²) in [6.45, 7) is 2.09. The van der Waals surface area contributed by atoms with Crippen LogP contribution in [0.5, 0.6) is 0 Å². The van der Waals surface area contributed by atoms with Gasteiger partial charge >= 0.3 is 0 Å². The van der Waals surface area contributed by atoms with Gasteiger partial charge in [0.2, 0.25) is 0 Å². The van der Waals surface area contributed by atoms with Gasteiger partial charge in [0.25, 0.3) is 0 Å². The quantitative estimate of drug-likeness (QED) is 0.921. The summed E-state index contributed by atoms with van der Waals surface area (Å²) in [7, 11) is 0. The van der Waals surface area contributed by atoms with Crippen molar-refractivity contribution in [1.82, 2.24) is 14.9 Å². The third kappa shape index (κ3) is 3.11. The topological polar surface area (TPSA) is 29.9 Å². The van der Waals surface area contributed by atoms with E-state index in [-0.39, 0.29) is 16.9 Å². The second-order valence-electron chi connectivity index (χ2n) is 5.68. The van der Waals surface area contributed by atoms with Crippen LogP contribution in [-0.2, 0) is 0 Å². The lowest BCUT2D eigenvalue weighted by atomic mass is 10.1. The van der Waals surface area contributed by atoms with Crippen molar-refractivity contribution in [3.8, 4) is 0 Å².